The van der Waals surface area contributed by atoms with Gasteiger partial charge >= 0.3 is 5.97 Å². The number of ether oxygens (including phenoxy) is 3. The number of carbonyl (C=O) groups is 2. The predicted octanol–water partition coefficient (Wildman–Crippen LogP) is 4.32. The van der Waals surface area contributed by atoms with Crippen molar-refractivity contribution >= 4 is 17.8 Å². The molecule has 0 bridgehead atoms. The normalized spacial score (nSPS) is 10.8. The van der Waals surface area contributed by atoms with Gasteiger partial charge in [-0.1, -0.05) is 19.4 Å². The molecule has 6 nitrogen and oxygen atoms in total. The van der Waals surface area contributed by atoms with Crippen molar-refractivity contribution in [2.75, 3.05) is 14.2 Å². The van der Waals surface area contributed by atoms with Crippen LogP contribution in [0.15, 0.2) is 36.4 Å². The minimum absolute atomic E-state index is 0.0201. The molecule has 0 aliphatic rings. The number of ketones is 1. The zero-order chi connectivity index (χ0) is 21.4. The standard InChI is InChI=1S/C23H26O6/c1-5-6-19-21(11-9-18(15(2)24)23(19)26)29-14-16-7-10-20(27-3)17(13-16)8-12-22(25)28-4/h7-13,26H,5-6,14H2,1-4H3. The van der Waals surface area contributed by atoms with Crippen LogP contribution in [0.25, 0.3) is 6.08 Å². The third kappa shape index (κ3) is 5.60. The molecule has 0 amide bonds. The van der Waals surface area contributed by atoms with Gasteiger partial charge in [-0.05, 0) is 49.2 Å². The van der Waals surface area contributed by atoms with Crippen LogP contribution < -0.4 is 9.47 Å². The van der Waals surface area contributed by atoms with Gasteiger partial charge in [0.1, 0.15) is 23.9 Å². The van der Waals surface area contributed by atoms with Crippen molar-refractivity contribution in [1.29, 1.82) is 0 Å². The molecule has 0 heterocycles. The smallest absolute Gasteiger partial charge is 0.330 e. The van der Waals surface area contributed by atoms with Gasteiger partial charge in [0.2, 0.25) is 0 Å². The fraction of sp³-hybridized carbons (Fsp3) is 0.304. The molecular weight excluding hydrogens is 372 g/mol. The van der Waals surface area contributed by atoms with E-state index in [4.69, 9.17) is 9.47 Å². The van der Waals surface area contributed by atoms with Crippen molar-refractivity contribution < 1.29 is 28.9 Å². The van der Waals surface area contributed by atoms with Gasteiger partial charge in [0.25, 0.3) is 0 Å². The fourth-order valence-electron chi connectivity index (χ4n) is 2.92. The van der Waals surface area contributed by atoms with Crippen LogP contribution in [0.3, 0.4) is 0 Å². The lowest BCUT2D eigenvalue weighted by Gasteiger charge is -2.15. The molecule has 0 aromatic heterocycles. The highest BCUT2D eigenvalue weighted by atomic mass is 16.5. The Kier molecular flexibility index (Phi) is 7.83. The van der Waals surface area contributed by atoms with Gasteiger partial charge in [-0.15, -0.1) is 0 Å². The molecule has 6 heteroatoms. The first-order chi connectivity index (χ1) is 13.9. The molecule has 0 unspecified atom stereocenters. The number of hydrogen-bond donors (Lipinski definition) is 1. The lowest BCUT2D eigenvalue weighted by molar-refractivity contribution is -0.134. The highest BCUT2D eigenvalue weighted by Gasteiger charge is 2.16. The first-order valence-electron chi connectivity index (χ1n) is 9.32. The van der Waals surface area contributed by atoms with Gasteiger partial charge in [0.15, 0.2) is 5.78 Å². The van der Waals surface area contributed by atoms with Crippen LogP contribution in [0, 0.1) is 0 Å². The van der Waals surface area contributed by atoms with Crippen LogP contribution >= 0.6 is 0 Å². The number of phenols is 1. The summed E-state index contributed by atoms with van der Waals surface area (Å²) in [6, 6.07) is 8.78. The zero-order valence-corrected chi connectivity index (χ0v) is 17.2. The minimum atomic E-state index is -0.459. The summed E-state index contributed by atoms with van der Waals surface area (Å²) in [6.45, 7) is 3.66. The molecule has 2 aromatic rings. The molecule has 2 aromatic carbocycles. The summed E-state index contributed by atoms with van der Waals surface area (Å²) in [6.07, 6.45) is 4.33. The average Bonchev–Trinajstić information content (AvgIpc) is 2.72. The maximum absolute atomic E-state index is 11.7. The molecule has 0 atom stereocenters. The highest BCUT2D eigenvalue weighted by Crippen LogP contribution is 2.33. The topological polar surface area (TPSA) is 82.1 Å². The van der Waals surface area contributed by atoms with E-state index in [1.807, 2.05) is 19.1 Å². The molecule has 154 valence electrons. The van der Waals surface area contributed by atoms with E-state index in [0.29, 0.717) is 34.6 Å². The van der Waals surface area contributed by atoms with Crippen molar-refractivity contribution in [3.8, 4) is 17.2 Å². The second kappa shape index (κ2) is 10.3. The Morgan fingerprint density at radius 1 is 1.10 bits per heavy atom. The summed E-state index contributed by atoms with van der Waals surface area (Å²) in [5, 5.41) is 10.5. The minimum Gasteiger partial charge on any atom is -0.507 e. The highest BCUT2D eigenvalue weighted by molar-refractivity contribution is 5.97. The quantitative estimate of drug-likeness (QED) is 0.385. The van der Waals surface area contributed by atoms with Crippen LogP contribution in [0.5, 0.6) is 17.2 Å². The van der Waals surface area contributed by atoms with E-state index in [9.17, 15) is 14.7 Å². The number of carbonyl (C=O) groups excluding carboxylic acids is 2. The third-order valence-electron chi connectivity index (χ3n) is 4.41. The van der Waals surface area contributed by atoms with E-state index in [2.05, 4.69) is 4.74 Å². The Labute approximate surface area is 170 Å². The van der Waals surface area contributed by atoms with Gasteiger partial charge in [-0.25, -0.2) is 4.79 Å². The van der Waals surface area contributed by atoms with Crippen molar-refractivity contribution in [2.24, 2.45) is 0 Å². The number of Topliss-reactive ketones (excluding diaryl/α,β-unsaturated/α-hetero) is 1. The largest absolute Gasteiger partial charge is 0.507 e. The van der Waals surface area contributed by atoms with E-state index >= 15 is 0 Å². The summed E-state index contributed by atoms with van der Waals surface area (Å²) in [5.41, 5.74) is 2.48. The molecule has 0 aliphatic heterocycles. The van der Waals surface area contributed by atoms with Crippen LogP contribution in [0.4, 0.5) is 0 Å². The maximum Gasteiger partial charge on any atom is 0.330 e. The second-order valence-electron chi connectivity index (χ2n) is 6.47. The van der Waals surface area contributed by atoms with E-state index in [0.717, 1.165) is 12.0 Å². The monoisotopic (exact) mass is 398 g/mol. The van der Waals surface area contributed by atoms with E-state index in [1.165, 1.54) is 20.1 Å². The molecule has 29 heavy (non-hydrogen) atoms. The first-order valence-corrected chi connectivity index (χ1v) is 9.32. The summed E-state index contributed by atoms with van der Waals surface area (Å²) in [5.74, 6) is 0.483. The molecule has 0 saturated carbocycles. The SMILES string of the molecule is CCCc1c(OCc2ccc(OC)c(C=CC(=O)OC)c2)ccc(C(C)=O)c1O. The fourth-order valence-corrected chi connectivity index (χ4v) is 2.92. The zero-order valence-electron chi connectivity index (χ0n) is 17.2. The van der Waals surface area contributed by atoms with E-state index in [1.54, 1.807) is 31.4 Å². The Morgan fingerprint density at radius 2 is 1.83 bits per heavy atom. The molecular formula is C23H26O6. The molecule has 0 saturated heterocycles. The van der Waals surface area contributed by atoms with Crippen LogP contribution in [-0.2, 0) is 22.6 Å². The lowest BCUT2D eigenvalue weighted by atomic mass is 10.0. The number of aromatic hydroxyl groups is 1. The third-order valence-corrected chi connectivity index (χ3v) is 4.41. The Morgan fingerprint density at radius 3 is 2.45 bits per heavy atom. The van der Waals surface area contributed by atoms with Crippen molar-refractivity contribution in [3.05, 3.63) is 58.7 Å². The van der Waals surface area contributed by atoms with E-state index < -0.39 is 5.97 Å². The number of hydrogen-bond acceptors (Lipinski definition) is 6. The second-order valence-corrected chi connectivity index (χ2v) is 6.47. The molecule has 0 fully saturated rings. The Bertz CT molecular complexity index is 914. The maximum atomic E-state index is 11.7. The van der Waals surface area contributed by atoms with Crippen molar-refractivity contribution in [2.45, 2.75) is 33.3 Å². The van der Waals surface area contributed by atoms with Gasteiger partial charge in [-0.2, -0.15) is 0 Å². The number of methoxy groups -OCH3 is 2. The van der Waals surface area contributed by atoms with Crippen molar-refractivity contribution in [3.63, 3.8) is 0 Å². The number of rotatable bonds is 9. The summed E-state index contributed by atoms with van der Waals surface area (Å²) in [7, 11) is 2.87. The lowest BCUT2D eigenvalue weighted by Crippen LogP contribution is -2.03. The molecule has 0 spiro atoms. The van der Waals surface area contributed by atoms with Crippen LogP contribution in [-0.4, -0.2) is 31.1 Å². The van der Waals surface area contributed by atoms with Crippen LogP contribution in [0.2, 0.25) is 0 Å². The molecule has 1 N–H and O–H groups in total. The molecule has 2 rings (SSSR count). The van der Waals surface area contributed by atoms with Crippen LogP contribution in [0.1, 0.15) is 47.3 Å². The average molecular weight is 398 g/mol. The predicted molar refractivity (Wildman–Crippen MR) is 110 cm³/mol. The summed E-state index contributed by atoms with van der Waals surface area (Å²) < 4.78 is 15.9. The Balaban J connectivity index is 2.27. The van der Waals surface area contributed by atoms with Gasteiger partial charge in [-0.3, -0.25) is 4.79 Å². The van der Waals surface area contributed by atoms with Gasteiger partial charge in [0, 0.05) is 17.2 Å². The van der Waals surface area contributed by atoms with E-state index in [-0.39, 0.29) is 18.1 Å². The summed E-state index contributed by atoms with van der Waals surface area (Å²) in [4.78, 5) is 23.1. The van der Waals surface area contributed by atoms with Gasteiger partial charge < -0.3 is 19.3 Å². The van der Waals surface area contributed by atoms with Gasteiger partial charge in [0.05, 0.1) is 19.8 Å². The number of benzene rings is 2. The molecule has 0 radical (unpaired) electrons. The summed E-state index contributed by atoms with van der Waals surface area (Å²) >= 11 is 0. The number of esters is 1. The molecule has 0 aliphatic carbocycles. The van der Waals surface area contributed by atoms with Crippen molar-refractivity contribution in [1.82, 2.24) is 0 Å². The first kappa shape index (κ1) is 22.0. The Hall–Kier alpha value is -3.28. The number of phenolic OH excluding ortho intramolecular Hbond substituents is 1.